The normalized spacial score (nSPS) is 11.7. The van der Waals surface area contributed by atoms with E-state index < -0.39 is 0 Å². The third-order valence-corrected chi connectivity index (χ3v) is 3.59. The van der Waals surface area contributed by atoms with Crippen LogP contribution in [0.3, 0.4) is 0 Å². The Morgan fingerprint density at radius 1 is 1.47 bits per heavy atom. The van der Waals surface area contributed by atoms with Gasteiger partial charge in [0.25, 0.3) is 0 Å². The zero-order valence-corrected chi connectivity index (χ0v) is 10.4. The fourth-order valence-electron chi connectivity index (χ4n) is 1.26. The molecule has 0 spiro atoms. The van der Waals surface area contributed by atoms with Crippen LogP contribution in [0.15, 0.2) is 33.1 Å². The van der Waals surface area contributed by atoms with Gasteiger partial charge in [-0.1, -0.05) is 18.1 Å². The number of nitrogens with zero attached hydrogens (tertiary/aromatic N) is 1. The lowest BCUT2D eigenvalue weighted by atomic mass is 10.2. The van der Waals surface area contributed by atoms with Crippen molar-refractivity contribution in [2.75, 3.05) is 12.0 Å². The van der Waals surface area contributed by atoms with E-state index in [-0.39, 0.29) is 5.84 Å². The van der Waals surface area contributed by atoms with Gasteiger partial charge < -0.3 is 10.9 Å². The highest BCUT2D eigenvalue weighted by Gasteiger charge is 2.11. The first kappa shape index (κ1) is 12.3. The van der Waals surface area contributed by atoms with Crippen molar-refractivity contribution in [3.8, 4) is 0 Å². The van der Waals surface area contributed by atoms with Crippen LogP contribution < -0.4 is 5.73 Å². The molecule has 1 aromatic carbocycles. The fourth-order valence-corrected chi connectivity index (χ4v) is 2.80. The Balaban J connectivity index is 3.26. The molecule has 0 aliphatic heterocycles. The van der Waals surface area contributed by atoms with E-state index in [1.54, 1.807) is 23.5 Å². The molecule has 1 rings (SSSR count). The highest BCUT2D eigenvalue weighted by atomic mass is 32.2. The quantitative estimate of drug-likeness (QED) is 0.280. The van der Waals surface area contributed by atoms with Crippen molar-refractivity contribution in [3.05, 3.63) is 23.8 Å². The molecule has 0 aromatic heterocycles. The van der Waals surface area contributed by atoms with Gasteiger partial charge >= 0.3 is 0 Å². The lowest BCUT2D eigenvalue weighted by Gasteiger charge is -2.10. The van der Waals surface area contributed by atoms with E-state index in [0.29, 0.717) is 0 Å². The minimum Gasteiger partial charge on any atom is -0.409 e. The molecule has 0 saturated heterocycles. The number of thioether (sulfide) groups is 2. The van der Waals surface area contributed by atoms with Crippen LogP contribution >= 0.6 is 23.5 Å². The molecule has 1 aromatic rings. The van der Waals surface area contributed by atoms with Gasteiger partial charge in [-0.15, -0.1) is 23.5 Å². The molecule has 15 heavy (non-hydrogen) atoms. The number of hydrogen-bond donors (Lipinski definition) is 2. The van der Waals surface area contributed by atoms with E-state index in [9.17, 15) is 0 Å². The molecule has 3 nitrogen and oxygen atoms in total. The Morgan fingerprint density at radius 3 is 2.67 bits per heavy atom. The van der Waals surface area contributed by atoms with E-state index in [1.807, 2.05) is 24.5 Å². The summed E-state index contributed by atoms with van der Waals surface area (Å²) in [7, 11) is 0. The second kappa shape index (κ2) is 5.92. The topological polar surface area (TPSA) is 58.6 Å². The summed E-state index contributed by atoms with van der Waals surface area (Å²) >= 11 is 3.28. The van der Waals surface area contributed by atoms with Crippen LogP contribution in [0.4, 0.5) is 0 Å². The minimum absolute atomic E-state index is 0.177. The molecule has 82 valence electrons. The largest absolute Gasteiger partial charge is 0.409 e. The van der Waals surface area contributed by atoms with Gasteiger partial charge in [0.2, 0.25) is 0 Å². The summed E-state index contributed by atoms with van der Waals surface area (Å²) in [5, 5.41) is 11.8. The summed E-state index contributed by atoms with van der Waals surface area (Å²) < 4.78 is 0. The van der Waals surface area contributed by atoms with Gasteiger partial charge in [0.1, 0.15) is 0 Å². The molecule has 0 radical (unpaired) electrons. The molecule has 0 aliphatic carbocycles. The van der Waals surface area contributed by atoms with Gasteiger partial charge in [0, 0.05) is 15.4 Å². The zero-order chi connectivity index (χ0) is 11.3. The Kier molecular flexibility index (Phi) is 4.84. The number of nitrogens with two attached hydrogens (primary N) is 1. The Bertz CT molecular complexity index is 366. The molecule has 0 bridgehead atoms. The van der Waals surface area contributed by atoms with Crippen molar-refractivity contribution in [3.63, 3.8) is 0 Å². The molecule has 0 heterocycles. The fraction of sp³-hybridized carbons (Fsp3) is 0.300. The highest BCUT2D eigenvalue weighted by molar-refractivity contribution is 7.99. The van der Waals surface area contributed by atoms with E-state index in [0.717, 1.165) is 21.1 Å². The molecule has 0 atom stereocenters. The van der Waals surface area contributed by atoms with Gasteiger partial charge in [-0.25, -0.2) is 0 Å². The average molecular weight is 242 g/mol. The van der Waals surface area contributed by atoms with Crippen LogP contribution in [-0.4, -0.2) is 23.1 Å². The standard InChI is InChI=1S/C10H14N2OS2/c1-3-15-8-6-4-5-7(14-2)9(8)10(11)12-13/h4-6,13H,3H2,1-2H3,(H2,11,12). The molecule has 3 N–H and O–H groups in total. The Hall–Kier alpha value is -0.810. The van der Waals surface area contributed by atoms with Crippen molar-refractivity contribution in [1.82, 2.24) is 0 Å². The molecule has 0 amide bonds. The zero-order valence-electron chi connectivity index (χ0n) is 8.73. The first-order chi connectivity index (χ1) is 7.24. The van der Waals surface area contributed by atoms with Crippen molar-refractivity contribution >= 4 is 29.4 Å². The summed E-state index contributed by atoms with van der Waals surface area (Å²) in [6.45, 7) is 2.08. The monoisotopic (exact) mass is 242 g/mol. The molecule has 0 saturated carbocycles. The van der Waals surface area contributed by atoms with Gasteiger partial charge in [0.15, 0.2) is 5.84 Å². The number of oxime groups is 1. The first-order valence-corrected chi connectivity index (χ1v) is 6.73. The maximum atomic E-state index is 8.75. The number of amidine groups is 1. The van der Waals surface area contributed by atoms with Crippen LogP contribution in [0, 0.1) is 0 Å². The van der Waals surface area contributed by atoms with Gasteiger partial charge in [-0.3, -0.25) is 0 Å². The van der Waals surface area contributed by atoms with E-state index in [4.69, 9.17) is 10.9 Å². The summed E-state index contributed by atoms with van der Waals surface area (Å²) in [4.78, 5) is 2.09. The molecule has 5 heteroatoms. The number of rotatable bonds is 4. The second-order valence-electron chi connectivity index (χ2n) is 2.75. The van der Waals surface area contributed by atoms with Crippen LogP contribution in [0.2, 0.25) is 0 Å². The predicted octanol–water partition coefficient (Wildman–Crippen LogP) is 2.62. The van der Waals surface area contributed by atoms with Crippen LogP contribution in [0.25, 0.3) is 0 Å². The van der Waals surface area contributed by atoms with Crippen molar-refractivity contribution in [1.29, 1.82) is 0 Å². The predicted molar refractivity (Wildman–Crippen MR) is 67.1 cm³/mol. The smallest absolute Gasteiger partial charge is 0.172 e. The molecular formula is C10H14N2OS2. The van der Waals surface area contributed by atoms with E-state index in [1.165, 1.54) is 0 Å². The number of benzene rings is 1. The lowest BCUT2D eigenvalue weighted by Crippen LogP contribution is -2.15. The molecule has 0 aliphatic rings. The van der Waals surface area contributed by atoms with Crippen molar-refractivity contribution in [2.24, 2.45) is 10.9 Å². The summed E-state index contributed by atoms with van der Waals surface area (Å²) in [6.07, 6.45) is 1.98. The SMILES string of the molecule is CCSc1cccc(SC)c1/C(N)=N/O. The van der Waals surface area contributed by atoms with Crippen LogP contribution in [0.5, 0.6) is 0 Å². The minimum atomic E-state index is 0.177. The lowest BCUT2D eigenvalue weighted by molar-refractivity contribution is 0.318. The molecule has 0 fully saturated rings. The third-order valence-electron chi connectivity index (χ3n) is 1.87. The van der Waals surface area contributed by atoms with E-state index >= 15 is 0 Å². The average Bonchev–Trinajstić information content (AvgIpc) is 2.28. The van der Waals surface area contributed by atoms with Gasteiger partial charge in [-0.2, -0.15) is 0 Å². The first-order valence-electron chi connectivity index (χ1n) is 4.52. The second-order valence-corrected chi connectivity index (χ2v) is 4.91. The highest BCUT2D eigenvalue weighted by Crippen LogP contribution is 2.29. The molecular weight excluding hydrogens is 228 g/mol. The molecule has 0 unspecified atom stereocenters. The maximum Gasteiger partial charge on any atom is 0.172 e. The Morgan fingerprint density at radius 2 is 2.13 bits per heavy atom. The summed E-state index contributed by atoms with van der Waals surface area (Å²) in [5.74, 6) is 1.14. The van der Waals surface area contributed by atoms with Crippen LogP contribution in [0.1, 0.15) is 12.5 Å². The summed E-state index contributed by atoms with van der Waals surface area (Å²) in [5.41, 5.74) is 6.51. The third kappa shape index (κ3) is 2.82. The van der Waals surface area contributed by atoms with E-state index in [2.05, 4.69) is 12.1 Å². The summed E-state index contributed by atoms with van der Waals surface area (Å²) in [6, 6.07) is 5.94. The maximum absolute atomic E-state index is 8.75. The van der Waals surface area contributed by atoms with Crippen molar-refractivity contribution < 1.29 is 5.21 Å². The van der Waals surface area contributed by atoms with Crippen molar-refractivity contribution in [2.45, 2.75) is 16.7 Å². The number of hydrogen-bond acceptors (Lipinski definition) is 4. The van der Waals surface area contributed by atoms with Gasteiger partial charge in [-0.05, 0) is 24.1 Å². The Labute approximate surface area is 98.1 Å². The van der Waals surface area contributed by atoms with Gasteiger partial charge in [0.05, 0.1) is 0 Å². The van der Waals surface area contributed by atoms with Crippen LogP contribution in [-0.2, 0) is 0 Å².